The summed E-state index contributed by atoms with van der Waals surface area (Å²) in [5.74, 6) is 2.06. The van der Waals surface area contributed by atoms with E-state index in [9.17, 15) is 4.79 Å². The molecule has 2 aromatic carbocycles. The van der Waals surface area contributed by atoms with Crippen LogP contribution in [-0.2, 0) is 10.2 Å². The first-order chi connectivity index (χ1) is 18.2. The molecule has 5 heteroatoms. The summed E-state index contributed by atoms with van der Waals surface area (Å²) in [6.45, 7) is 22.0. The van der Waals surface area contributed by atoms with Crippen molar-refractivity contribution >= 4 is 17.2 Å². The van der Waals surface area contributed by atoms with Gasteiger partial charge in [-0.25, -0.2) is 0 Å². The molecule has 2 atom stereocenters. The summed E-state index contributed by atoms with van der Waals surface area (Å²) in [4.78, 5) is 16.3. The molecule has 0 heterocycles. The third kappa shape index (κ3) is 7.05. The highest BCUT2D eigenvalue weighted by Gasteiger charge is 2.47. The molecule has 1 unspecified atom stereocenters. The Kier molecular flexibility index (Phi) is 8.54. The first kappa shape index (κ1) is 29.6. The molecule has 4 rings (SSSR count). The third-order valence-electron chi connectivity index (χ3n) is 8.64. The van der Waals surface area contributed by atoms with Crippen LogP contribution < -0.4 is 10.1 Å². The van der Waals surface area contributed by atoms with E-state index < -0.39 is 0 Å². The second-order valence-electron chi connectivity index (χ2n) is 13.8. The maximum Gasteiger partial charge on any atom is 0.180 e. The highest BCUT2D eigenvalue weighted by molar-refractivity contribution is 6.03. The van der Waals surface area contributed by atoms with Crippen LogP contribution in [0, 0.1) is 11.8 Å². The van der Waals surface area contributed by atoms with Gasteiger partial charge >= 0.3 is 0 Å². The summed E-state index contributed by atoms with van der Waals surface area (Å²) in [6.07, 6.45) is 3.38. The van der Waals surface area contributed by atoms with E-state index in [1.54, 1.807) is 0 Å². The van der Waals surface area contributed by atoms with E-state index in [4.69, 9.17) is 9.47 Å². The summed E-state index contributed by atoms with van der Waals surface area (Å²) >= 11 is 0. The van der Waals surface area contributed by atoms with Gasteiger partial charge in [0.05, 0.1) is 23.9 Å². The predicted molar refractivity (Wildman–Crippen MR) is 161 cm³/mol. The minimum Gasteiger partial charge on any atom is -0.486 e. The molecule has 0 aromatic heterocycles. The van der Waals surface area contributed by atoms with E-state index in [1.165, 1.54) is 12.8 Å². The zero-order valence-electron chi connectivity index (χ0n) is 25.7. The van der Waals surface area contributed by atoms with Crippen molar-refractivity contribution in [2.75, 3.05) is 25.0 Å². The van der Waals surface area contributed by atoms with Crippen LogP contribution in [0.25, 0.3) is 0 Å². The molecule has 0 spiro atoms. The van der Waals surface area contributed by atoms with Gasteiger partial charge in [0.25, 0.3) is 0 Å². The van der Waals surface area contributed by atoms with E-state index in [1.807, 2.05) is 36.4 Å². The SMILES string of the molecule is CCN(CC1CC1)C1C(=O)c2ccc(Nc3ccccc3OC(C)(C)CCOC(C)(C)C)cc2C(C)(C)[C@H]1C. The molecule has 0 bridgehead atoms. The zero-order valence-corrected chi connectivity index (χ0v) is 25.7. The monoisotopic (exact) mass is 534 g/mol. The van der Waals surface area contributed by atoms with Gasteiger partial charge in [-0.3, -0.25) is 9.69 Å². The summed E-state index contributed by atoms with van der Waals surface area (Å²) in [5.41, 5.74) is 3.19. The van der Waals surface area contributed by atoms with E-state index in [0.29, 0.717) is 6.61 Å². The topological polar surface area (TPSA) is 50.8 Å². The lowest BCUT2D eigenvalue weighted by molar-refractivity contribution is -0.0291. The number of ether oxygens (including phenoxy) is 2. The Morgan fingerprint density at radius 1 is 1.05 bits per heavy atom. The Balaban J connectivity index is 1.55. The largest absolute Gasteiger partial charge is 0.486 e. The van der Waals surface area contributed by atoms with Crippen LogP contribution >= 0.6 is 0 Å². The van der Waals surface area contributed by atoms with Gasteiger partial charge in [0.15, 0.2) is 5.78 Å². The average molecular weight is 535 g/mol. The van der Waals surface area contributed by atoms with E-state index >= 15 is 0 Å². The lowest BCUT2D eigenvalue weighted by atomic mass is 9.63. The van der Waals surface area contributed by atoms with Crippen molar-refractivity contribution in [2.45, 2.75) is 104 Å². The zero-order chi connectivity index (χ0) is 28.6. The van der Waals surface area contributed by atoms with Gasteiger partial charge in [0.1, 0.15) is 11.4 Å². The number of nitrogens with zero attached hydrogens (tertiary/aromatic N) is 1. The quantitative estimate of drug-likeness (QED) is 0.316. The Morgan fingerprint density at radius 2 is 1.74 bits per heavy atom. The Morgan fingerprint density at radius 3 is 2.38 bits per heavy atom. The van der Waals surface area contributed by atoms with Gasteiger partial charge in [-0.15, -0.1) is 0 Å². The summed E-state index contributed by atoms with van der Waals surface area (Å²) in [6, 6.07) is 14.3. The van der Waals surface area contributed by atoms with Gasteiger partial charge in [0.2, 0.25) is 0 Å². The van der Waals surface area contributed by atoms with Crippen molar-refractivity contribution in [1.82, 2.24) is 4.90 Å². The smallest absolute Gasteiger partial charge is 0.180 e. The van der Waals surface area contributed by atoms with Crippen LogP contribution in [0.3, 0.4) is 0 Å². The number of fused-ring (bicyclic) bond motifs is 1. The van der Waals surface area contributed by atoms with Crippen LogP contribution in [0.1, 0.15) is 97.5 Å². The van der Waals surface area contributed by atoms with Crippen molar-refractivity contribution in [3.05, 3.63) is 53.6 Å². The van der Waals surface area contributed by atoms with Crippen molar-refractivity contribution < 1.29 is 14.3 Å². The predicted octanol–water partition coefficient (Wildman–Crippen LogP) is 8.00. The molecule has 1 saturated carbocycles. The number of hydrogen-bond donors (Lipinski definition) is 1. The molecule has 1 N–H and O–H groups in total. The Labute approximate surface area is 236 Å². The highest BCUT2D eigenvalue weighted by Crippen LogP contribution is 2.45. The van der Waals surface area contributed by atoms with Crippen molar-refractivity contribution in [2.24, 2.45) is 11.8 Å². The number of hydrogen-bond acceptors (Lipinski definition) is 5. The molecule has 2 aliphatic carbocycles. The van der Waals surface area contributed by atoms with E-state index in [2.05, 4.69) is 78.6 Å². The molecule has 0 saturated heterocycles. The van der Waals surface area contributed by atoms with Crippen LogP contribution in [0.4, 0.5) is 11.4 Å². The molecular formula is C34H50N2O3. The van der Waals surface area contributed by atoms with Crippen LogP contribution in [-0.4, -0.2) is 47.6 Å². The van der Waals surface area contributed by atoms with Crippen molar-refractivity contribution in [3.8, 4) is 5.75 Å². The second kappa shape index (κ2) is 11.2. The maximum atomic E-state index is 13.9. The van der Waals surface area contributed by atoms with Crippen LogP contribution in [0.15, 0.2) is 42.5 Å². The third-order valence-corrected chi connectivity index (χ3v) is 8.64. The normalized spacial score (nSPS) is 21.1. The van der Waals surface area contributed by atoms with Crippen molar-refractivity contribution in [3.63, 3.8) is 0 Å². The minimum absolute atomic E-state index is 0.0597. The lowest BCUT2D eigenvalue weighted by Crippen LogP contribution is -2.55. The molecule has 0 amide bonds. The first-order valence-electron chi connectivity index (χ1n) is 14.8. The number of rotatable bonds is 11. The minimum atomic E-state index is -0.386. The fraction of sp³-hybridized carbons (Fsp3) is 0.618. The van der Waals surface area contributed by atoms with E-state index in [0.717, 1.165) is 53.7 Å². The number of benzene rings is 2. The molecular weight excluding hydrogens is 484 g/mol. The van der Waals surface area contributed by atoms with Gasteiger partial charge in [0, 0.05) is 24.2 Å². The molecule has 39 heavy (non-hydrogen) atoms. The number of para-hydroxylation sites is 2. The molecule has 0 radical (unpaired) electrons. The van der Waals surface area contributed by atoms with Gasteiger partial charge in [-0.1, -0.05) is 39.8 Å². The summed E-state index contributed by atoms with van der Waals surface area (Å²) < 4.78 is 12.4. The number of nitrogens with one attached hydrogen (secondary N) is 1. The Hall–Kier alpha value is -2.37. The fourth-order valence-electron chi connectivity index (χ4n) is 5.72. The number of Topliss-reactive ketones (excluding diaryl/α,β-unsaturated/α-hetero) is 1. The molecule has 0 aliphatic heterocycles. The fourth-order valence-corrected chi connectivity index (χ4v) is 5.72. The summed E-state index contributed by atoms with van der Waals surface area (Å²) in [7, 11) is 0. The summed E-state index contributed by atoms with van der Waals surface area (Å²) in [5, 5.41) is 3.59. The molecule has 1 fully saturated rings. The number of carbonyl (C=O) groups excluding carboxylic acids is 1. The van der Waals surface area contributed by atoms with Crippen LogP contribution in [0.2, 0.25) is 0 Å². The molecule has 5 nitrogen and oxygen atoms in total. The highest BCUT2D eigenvalue weighted by atomic mass is 16.5. The maximum absolute atomic E-state index is 13.9. The molecule has 214 valence electrons. The van der Waals surface area contributed by atoms with Gasteiger partial charge < -0.3 is 14.8 Å². The lowest BCUT2D eigenvalue weighted by Gasteiger charge is -2.47. The number of likely N-dealkylation sites (N-methyl/N-ethyl adjacent to an activating group) is 1. The standard InChI is InChI=1S/C34H50N2O3/c1-10-36(22-24-15-16-24)30-23(2)34(8,9)27-21-25(17-18-26(27)31(30)37)35-28-13-11-12-14-29(28)39-33(6,7)19-20-38-32(3,4)5/h11-14,17-18,21,23-24,30,35H,10,15-16,19-20,22H2,1-9H3/t23-,30?/m0/s1. The van der Waals surface area contributed by atoms with Crippen molar-refractivity contribution in [1.29, 1.82) is 0 Å². The average Bonchev–Trinajstić information content (AvgIpc) is 3.66. The number of carbonyl (C=O) groups is 1. The Bertz CT molecular complexity index is 1160. The van der Waals surface area contributed by atoms with Gasteiger partial charge in [-0.05, 0) is 107 Å². The molecule has 2 aromatic rings. The van der Waals surface area contributed by atoms with Crippen LogP contribution in [0.5, 0.6) is 5.75 Å². The van der Waals surface area contributed by atoms with Gasteiger partial charge in [-0.2, -0.15) is 0 Å². The number of ketones is 1. The second-order valence-corrected chi connectivity index (χ2v) is 13.8. The first-order valence-corrected chi connectivity index (χ1v) is 14.8. The number of anilines is 2. The van der Waals surface area contributed by atoms with E-state index in [-0.39, 0.29) is 34.4 Å². The molecule has 2 aliphatic rings.